The molecule has 2 nitrogen and oxygen atoms in total. The minimum atomic E-state index is -4.38. The summed E-state index contributed by atoms with van der Waals surface area (Å²) in [7, 11) is 0. The normalized spacial score (nSPS) is 16.4. The summed E-state index contributed by atoms with van der Waals surface area (Å²) in [6.07, 6.45) is -0.116. The van der Waals surface area contributed by atoms with Crippen molar-refractivity contribution in [2.24, 2.45) is 0 Å². The summed E-state index contributed by atoms with van der Waals surface area (Å²) >= 11 is 5.69. The molecular weight excluding hydrogens is 265 g/mol. The van der Waals surface area contributed by atoms with Crippen molar-refractivity contribution in [1.82, 2.24) is 4.98 Å². The first-order chi connectivity index (χ1) is 8.54. The van der Waals surface area contributed by atoms with Crippen molar-refractivity contribution in [2.75, 3.05) is 17.3 Å². The highest BCUT2D eigenvalue weighted by molar-refractivity contribution is 6.18. The van der Waals surface area contributed by atoms with Crippen LogP contribution in [-0.2, 0) is 6.18 Å². The number of alkyl halides is 4. The first kappa shape index (κ1) is 13.5. The molecule has 6 heteroatoms. The van der Waals surface area contributed by atoms with E-state index in [1.54, 1.807) is 4.90 Å². The quantitative estimate of drug-likeness (QED) is 0.781. The second kappa shape index (κ2) is 5.34. The van der Waals surface area contributed by atoms with Gasteiger partial charge in [-0.15, -0.1) is 11.6 Å². The molecule has 1 aliphatic carbocycles. The van der Waals surface area contributed by atoms with Crippen LogP contribution < -0.4 is 4.90 Å². The summed E-state index contributed by atoms with van der Waals surface area (Å²) in [4.78, 5) is 5.61. The number of rotatable bonds is 4. The Morgan fingerprint density at radius 1 is 1.39 bits per heavy atom. The minimum absolute atomic E-state index is 0.00958. The number of pyridine rings is 1. The Balaban J connectivity index is 2.34. The SMILES string of the molecule is FC(F)(F)c1cccnc1N(CCCl)C1CCC1. The second-order valence-corrected chi connectivity index (χ2v) is 4.72. The Morgan fingerprint density at radius 3 is 2.61 bits per heavy atom. The molecule has 1 heterocycles. The largest absolute Gasteiger partial charge is 0.419 e. The Bertz CT molecular complexity index is 405. The van der Waals surface area contributed by atoms with Gasteiger partial charge < -0.3 is 4.90 Å². The summed E-state index contributed by atoms with van der Waals surface area (Å²) in [6, 6.07) is 2.52. The van der Waals surface area contributed by atoms with Gasteiger partial charge in [0, 0.05) is 24.7 Å². The van der Waals surface area contributed by atoms with E-state index in [0.29, 0.717) is 12.4 Å². The Labute approximate surface area is 109 Å². The van der Waals surface area contributed by atoms with Crippen LogP contribution in [0.4, 0.5) is 19.0 Å². The topological polar surface area (TPSA) is 16.1 Å². The van der Waals surface area contributed by atoms with Gasteiger partial charge in [-0.25, -0.2) is 4.98 Å². The summed E-state index contributed by atoms with van der Waals surface area (Å²) in [5.74, 6) is 0.306. The van der Waals surface area contributed by atoms with Gasteiger partial charge in [0.25, 0.3) is 0 Å². The van der Waals surface area contributed by atoms with E-state index in [1.165, 1.54) is 12.3 Å². The lowest BCUT2D eigenvalue weighted by Crippen LogP contribution is -2.42. The van der Waals surface area contributed by atoms with Gasteiger partial charge in [-0.3, -0.25) is 0 Å². The molecule has 0 saturated heterocycles. The van der Waals surface area contributed by atoms with Crippen LogP contribution in [-0.4, -0.2) is 23.5 Å². The molecule has 0 aliphatic heterocycles. The smallest absolute Gasteiger partial charge is 0.352 e. The number of hydrogen-bond acceptors (Lipinski definition) is 2. The maximum absolute atomic E-state index is 12.9. The second-order valence-electron chi connectivity index (χ2n) is 4.34. The molecule has 0 spiro atoms. The van der Waals surface area contributed by atoms with Crippen LogP contribution in [0.5, 0.6) is 0 Å². The van der Waals surface area contributed by atoms with Crippen LogP contribution in [0.3, 0.4) is 0 Å². The van der Waals surface area contributed by atoms with E-state index >= 15 is 0 Å². The van der Waals surface area contributed by atoms with Crippen LogP contribution in [0, 0.1) is 0 Å². The fourth-order valence-electron chi connectivity index (χ4n) is 2.10. The monoisotopic (exact) mass is 278 g/mol. The molecule has 1 aliphatic rings. The van der Waals surface area contributed by atoms with E-state index in [2.05, 4.69) is 4.98 Å². The van der Waals surface area contributed by atoms with Gasteiger partial charge in [-0.05, 0) is 31.4 Å². The van der Waals surface area contributed by atoms with Gasteiger partial charge in [0.1, 0.15) is 5.82 Å². The fourth-order valence-corrected chi connectivity index (χ4v) is 2.28. The Hall–Kier alpha value is -0.970. The molecule has 1 fully saturated rings. The third-order valence-corrected chi connectivity index (χ3v) is 3.37. The average molecular weight is 279 g/mol. The zero-order valence-electron chi connectivity index (χ0n) is 9.75. The number of hydrogen-bond donors (Lipinski definition) is 0. The van der Waals surface area contributed by atoms with Crippen LogP contribution in [0.15, 0.2) is 18.3 Å². The molecule has 0 unspecified atom stereocenters. The van der Waals surface area contributed by atoms with Crippen molar-refractivity contribution >= 4 is 17.4 Å². The third-order valence-electron chi connectivity index (χ3n) is 3.21. The zero-order valence-corrected chi connectivity index (χ0v) is 10.5. The summed E-state index contributed by atoms with van der Waals surface area (Å²) in [5.41, 5.74) is -0.679. The van der Waals surface area contributed by atoms with Gasteiger partial charge in [0.2, 0.25) is 0 Å². The summed E-state index contributed by atoms with van der Waals surface area (Å²) in [5, 5.41) is 0. The molecule has 1 saturated carbocycles. The highest BCUT2D eigenvalue weighted by Gasteiger charge is 2.37. The number of anilines is 1. The lowest BCUT2D eigenvalue weighted by atomic mass is 9.91. The maximum Gasteiger partial charge on any atom is 0.419 e. The van der Waals surface area contributed by atoms with Crippen LogP contribution in [0.25, 0.3) is 0 Å². The molecule has 100 valence electrons. The molecule has 0 N–H and O–H groups in total. The fraction of sp³-hybridized carbons (Fsp3) is 0.583. The van der Waals surface area contributed by atoms with Crippen molar-refractivity contribution in [3.8, 4) is 0 Å². The summed E-state index contributed by atoms with van der Waals surface area (Å²) < 4.78 is 38.8. The highest BCUT2D eigenvalue weighted by Crippen LogP contribution is 2.38. The van der Waals surface area contributed by atoms with Gasteiger partial charge >= 0.3 is 6.18 Å². The molecule has 0 radical (unpaired) electrons. The number of aromatic nitrogens is 1. The van der Waals surface area contributed by atoms with Crippen LogP contribution >= 0.6 is 11.6 Å². The maximum atomic E-state index is 12.9. The van der Waals surface area contributed by atoms with Gasteiger partial charge in [-0.2, -0.15) is 13.2 Å². The molecule has 0 amide bonds. The predicted molar refractivity (Wildman–Crippen MR) is 64.9 cm³/mol. The highest BCUT2D eigenvalue weighted by atomic mass is 35.5. The van der Waals surface area contributed by atoms with Crippen LogP contribution in [0.1, 0.15) is 24.8 Å². The molecule has 1 aromatic heterocycles. The molecule has 18 heavy (non-hydrogen) atoms. The van der Waals surface area contributed by atoms with Crippen molar-refractivity contribution in [3.63, 3.8) is 0 Å². The average Bonchev–Trinajstić information content (AvgIpc) is 2.25. The minimum Gasteiger partial charge on any atom is -0.352 e. The van der Waals surface area contributed by atoms with Crippen molar-refractivity contribution in [1.29, 1.82) is 0 Å². The van der Waals surface area contributed by atoms with E-state index in [1.807, 2.05) is 0 Å². The molecule has 0 aromatic carbocycles. The molecule has 0 bridgehead atoms. The van der Waals surface area contributed by atoms with Crippen molar-refractivity contribution in [2.45, 2.75) is 31.5 Å². The van der Waals surface area contributed by atoms with Crippen molar-refractivity contribution < 1.29 is 13.2 Å². The first-order valence-corrected chi connectivity index (χ1v) is 6.42. The Morgan fingerprint density at radius 2 is 2.11 bits per heavy atom. The molecular formula is C12H14ClF3N2. The first-order valence-electron chi connectivity index (χ1n) is 5.89. The van der Waals surface area contributed by atoms with Gasteiger partial charge in [-0.1, -0.05) is 0 Å². The van der Waals surface area contributed by atoms with E-state index < -0.39 is 11.7 Å². The number of nitrogens with zero attached hydrogens (tertiary/aromatic N) is 2. The molecule has 2 rings (SSSR count). The van der Waals surface area contributed by atoms with E-state index in [-0.39, 0.29) is 11.9 Å². The van der Waals surface area contributed by atoms with Gasteiger partial charge in [0.15, 0.2) is 0 Å². The van der Waals surface area contributed by atoms with Gasteiger partial charge in [0.05, 0.1) is 5.56 Å². The number of halogens is 4. The molecule has 0 atom stereocenters. The van der Waals surface area contributed by atoms with E-state index in [9.17, 15) is 13.2 Å². The van der Waals surface area contributed by atoms with Crippen LogP contribution in [0.2, 0.25) is 0 Å². The van der Waals surface area contributed by atoms with E-state index in [0.717, 1.165) is 25.3 Å². The zero-order chi connectivity index (χ0) is 13.2. The third kappa shape index (κ3) is 2.71. The Kier molecular flexibility index (Phi) is 4.00. The van der Waals surface area contributed by atoms with E-state index in [4.69, 9.17) is 11.6 Å². The lowest BCUT2D eigenvalue weighted by Gasteiger charge is -2.39. The summed E-state index contributed by atoms with van der Waals surface area (Å²) in [6.45, 7) is 0.395. The van der Waals surface area contributed by atoms with Crippen molar-refractivity contribution in [3.05, 3.63) is 23.9 Å². The lowest BCUT2D eigenvalue weighted by molar-refractivity contribution is -0.137. The predicted octanol–water partition coefficient (Wildman–Crippen LogP) is 3.70. The molecule has 1 aromatic rings. The standard InChI is InChI=1S/C12H14ClF3N2/c13-6-8-18(9-3-1-4-9)11-10(12(14,15)16)5-2-7-17-11/h2,5,7,9H,1,3-4,6,8H2.